The first-order chi connectivity index (χ1) is 12.4. The lowest BCUT2D eigenvalue weighted by Crippen LogP contribution is -2.09. The third kappa shape index (κ3) is 3.59. The van der Waals surface area contributed by atoms with Gasteiger partial charge in [0.2, 0.25) is 0 Å². The lowest BCUT2D eigenvalue weighted by atomic mass is 9.87. The second-order valence-electron chi connectivity index (χ2n) is 6.73. The summed E-state index contributed by atoms with van der Waals surface area (Å²) >= 11 is 0. The SMILES string of the molecule is COC(=O)c1ccc(C(CC(C)C)c2cc3cc(F)cnc3[nH]2)cc1F. The van der Waals surface area contributed by atoms with Crippen LogP contribution in [-0.2, 0) is 4.74 Å². The molecule has 0 spiro atoms. The van der Waals surface area contributed by atoms with Crippen LogP contribution in [0, 0.1) is 17.6 Å². The number of hydrogen-bond donors (Lipinski definition) is 1. The summed E-state index contributed by atoms with van der Waals surface area (Å²) in [5, 5.41) is 0.667. The molecule has 136 valence electrons. The van der Waals surface area contributed by atoms with Crippen molar-refractivity contribution in [1.82, 2.24) is 9.97 Å². The average Bonchev–Trinajstić information content (AvgIpc) is 3.01. The van der Waals surface area contributed by atoms with Gasteiger partial charge >= 0.3 is 5.97 Å². The van der Waals surface area contributed by atoms with Gasteiger partial charge in [-0.05, 0) is 42.2 Å². The second-order valence-corrected chi connectivity index (χ2v) is 6.73. The van der Waals surface area contributed by atoms with Crippen molar-refractivity contribution in [2.75, 3.05) is 7.11 Å². The Morgan fingerprint density at radius 2 is 2.00 bits per heavy atom. The van der Waals surface area contributed by atoms with Gasteiger partial charge in [0.05, 0.1) is 18.9 Å². The van der Waals surface area contributed by atoms with Gasteiger partial charge in [0.15, 0.2) is 0 Å². The highest BCUT2D eigenvalue weighted by molar-refractivity contribution is 5.89. The van der Waals surface area contributed by atoms with Gasteiger partial charge in [-0.15, -0.1) is 0 Å². The van der Waals surface area contributed by atoms with Crippen LogP contribution < -0.4 is 0 Å². The maximum absolute atomic E-state index is 14.4. The van der Waals surface area contributed by atoms with E-state index >= 15 is 0 Å². The highest BCUT2D eigenvalue weighted by atomic mass is 19.1. The van der Waals surface area contributed by atoms with Crippen molar-refractivity contribution in [2.45, 2.75) is 26.2 Å². The number of nitrogens with one attached hydrogen (secondary N) is 1. The molecule has 0 aliphatic rings. The first-order valence-electron chi connectivity index (χ1n) is 8.41. The monoisotopic (exact) mass is 358 g/mol. The summed E-state index contributed by atoms with van der Waals surface area (Å²) in [4.78, 5) is 18.9. The molecule has 3 rings (SSSR count). The van der Waals surface area contributed by atoms with Gasteiger partial charge in [-0.3, -0.25) is 0 Å². The molecule has 1 atom stereocenters. The van der Waals surface area contributed by atoms with Crippen LogP contribution in [0.5, 0.6) is 0 Å². The van der Waals surface area contributed by atoms with Gasteiger partial charge in [-0.2, -0.15) is 0 Å². The Morgan fingerprint density at radius 1 is 1.23 bits per heavy atom. The molecule has 0 radical (unpaired) electrons. The molecule has 0 aliphatic heterocycles. The summed E-state index contributed by atoms with van der Waals surface area (Å²) in [6.45, 7) is 4.15. The van der Waals surface area contributed by atoms with Gasteiger partial charge in [0.25, 0.3) is 0 Å². The van der Waals surface area contributed by atoms with Crippen LogP contribution in [0.25, 0.3) is 11.0 Å². The van der Waals surface area contributed by atoms with Crippen molar-refractivity contribution >= 4 is 17.0 Å². The number of aromatic amines is 1. The smallest absolute Gasteiger partial charge is 0.340 e. The molecule has 2 aromatic heterocycles. The van der Waals surface area contributed by atoms with Crippen molar-refractivity contribution in [2.24, 2.45) is 5.92 Å². The van der Waals surface area contributed by atoms with Crippen LogP contribution in [-0.4, -0.2) is 23.0 Å². The number of aromatic nitrogens is 2. The molecule has 6 heteroatoms. The van der Waals surface area contributed by atoms with Gasteiger partial charge in [0, 0.05) is 17.0 Å². The minimum Gasteiger partial charge on any atom is -0.465 e. The summed E-state index contributed by atoms with van der Waals surface area (Å²) < 4.78 is 32.4. The van der Waals surface area contributed by atoms with Gasteiger partial charge < -0.3 is 9.72 Å². The minimum atomic E-state index is -0.709. The number of methoxy groups -OCH3 is 1. The highest BCUT2D eigenvalue weighted by Crippen LogP contribution is 2.33. The molecule has 0 saturated heterocycles. The van der Waals surface area contributed by atoms with Crippen molar-refractivity contribution in [3.05, 3.63) is 65.0 Å². The maximum atomic E-state index is 14.4. The molecule has 1 N–H and O–H groups in total. The number of pyridine rings is 1. The Balaban J connectivity index is 2.05. The van der Waals surface area contributed by atoms with Crippen molar-refractivity contribution in [3.63, 3.8) is 0 Å². The van der Waals surface area contributed by atoms with E-state index in [0.717, 1.165) is 23.9 Å². The quantitative estimate of drug-likeness (QED) is 0.666. The molecule has 4 nitrogen and oxygen atoms in total. The van der Waals surface area contributed by atoms with E-state index < -0.39 is 17.6 Å². The summed E-state index contributed by atoms with van der Waals surface area (Å²) in [5.74, 6) is -1.52. The lowest BCUT2D eigenvalue weighted by molar-refractivity contribution is 0.0595. The molecule has 1 aromatic carbocycles. The average molecular weight is 358 g/mol. The summed E-state index contributed by atoms with van der Waals surface area (Å²) in [7, 11) is 1.22. The molecule has 0 saturated carbocycles. The number of hydrogen-bond acceptors (Lipinski definition) is 3. The van der Waals surface area contributed by atoms with Crippen LogP contribution in [0.3, 0.4) is 0 Å². The van der Waals surface area contributed by atoms with E-state index in [-0.39, 0.29) is 11.5 Å². The van der Waals surface area contributed by atoms with E-state index in [1.807, 2.05) is 6.07 Å². The largest absolute Gasteiger partial charge is 0.465 e. The molecule has 2 heterocycles. The van der Waals surface area contributed by atoms with Gasteiger partial charge in [-0.25, -0.2) is 18.6 Å². The molecule has 0 aliphatic carbocycles. The Morgan fingerprint density at radius 3 is 2.65 bits per heavy atom. The maximum Gasteiger partial charge on any atom is 0.340 e. The molecule has 3 aromatic rings. The molecular formula is C20H20F2N2O2. The number of fused-ring (bicyclic) bond motifs is 1. The number of nitrogens with zero attached hydrogens (tertiary/aromatic N) is 1. The summed E-state index contributed by atoms with van der Waals surface area (Å²) in [5.41, 5.74) is 2.05. The van der Waals surface area contributed by atoms with Crippen LogP contribution in [0.15, 0.2) is 36.5 Å². The molecular weight excluding hydrogens is 338 g/mol. The number of esters is 1. The van der Waals surface area contributed by atoms with Crippen LogP contribution in [0.4, 0.5) is 8.78 Å². The Bertz CT molecular complexity index is 950. The number of H-pyrrole nitrogens is 1. The van der Waals surface area contributed by atoms with Crippen LogP contribution >= 0.6 is 0 Å². The fourth-order valence-corrected chi connectivity index (χ4v) is 3.14. The van der Waals surface area contributed by atoms with E-state index in [4.69, 9.17) is 0 Å². The topological polar surface area (TPSA) is 55.0 Å². The third-order valence-electron chi connectivity index (χ3n) is 4.34. The standard InChI is InChI=1S/C20H20F2N2O2/c1-11(2)6-16(12-4-5-15(17(22)8-12)20(25)26-3)18-9-13-7-14(21)10-23-19(13)24-18/h4-5,7-11,16H,6H2,1-3H3,(H,23,24). The zero-order valence-electron chi connectivity index (χ0n) is 14.8. The Labute approximate surface area is 150 Å². The first-order valence-corrected chi connectivity index (χ1v) is 8.41. The van der Waals surface area contributed by atoms with Crippen LogP contribution in [0.1, 0.15) is 47.8 Å². The Kier molecular flexibility index (Phi) is 5.02. The summed E-state index contributed by atoms with van der Waals surface area (Å²) in [6.07, 6.45) is 1.91. The van der Waals surface area contributed by atoms with E-state index in [1.165, 1.54) is 25.3 Å². The van der Waals surface area contributed by atoms with Crippen molar-refractivity contribution in [1.29, 1.82) is 0 Å². The summed E-state index contributed by atoms with van der Waals surface area (Å²) in [6, 6.07) is 7.77. The van der Waals surface area contributed by atoms with E-state index in [0.29, 0.717) is 17.0 Å². The molecule has 0 bridgehead atoms. The van der Waals surface area contributed by atoms with Crippen molar-refractivity contribution in [3.8, 4) is 0 Å². The lowest BCUT2D eigenvalue weighted by Gasteiger charge is -2.19. The number of carbonyl (C=O) groups excluding carboxylic acids is 1. The second kappa shape index (κ2) is 7.23. The van der Waals surface area contributed by atoms with E-state index in [9.17, 15) is 13.6 Å². The number of ether oxygens (including phenoxy) is 1. The number of halogens is 2. The Hall–Kier alpha value is -2.76. The van der Waals surface area contributed by atoms with Gasteiger partial charge in [0.1, 0.15) is 17.3 Å². The normalized spacial score (nSPS) is 12.5. The fourth-order valence-electron chi connectivity index (χ4n) is 3.14. The molecule has 1 unspecified atom stereocenters. The predicted molar refractivity (Wildman–Crippen MR) is 95.1 cm³/mol. The van der Waals surface area contributed by atoms with Crippen molar-refractivity contribution < 1.29 is 18.3 Å². The van der Waals surface area contributed by atoms with Crippen LogP contribution in [0.2, 0.25) is 0 Å². The zero-order chi connectivity index (χ0) is 18.8. The number of benzene rings is 1. The molecule has 0 fully saturated rings. The number of rotatable bonds is 5. The minimum absolute atomic E-state index is 0.0973. The highest BCUT2D eigenvalue weighted by Gasteiger charge is 2.21. The molecule has 0 amide bonds. The van der Waals surface area contributed by atoms with E-state index in [1.54, 1.807) is 6.07 Å². The number of carbonyl (C=O) groups is 1. The predicted octanol–water partition coefficient (Wildman–Crippen LogP) is 4.81. The molecule has 26 heavy (non-hydrogen) atoms. The van der Waals surface area contributed by atoms with E-state index in [2.05, 4.69) is 28.6 Å². The third-order valence-corrected chi connectivity index (χ3v) is 4.34. The fraction of sp³-hybridized carbons (Fsp3) is 0.300. The first kappa shape index (κ1) is 18.0. The zero-order valence-corrected chi connectivity index (χ0v) is 14.8. The van der Waals surface area contributed by atoms with Gasteiger partial charge in [-0.1, -0.05) is 19.9 Å².